The van der Waals surface area contributed by atoms with Crippen molar-refractivity contribution < 1.29 is 5.11 Å². The van der Waals surface area contributed by atoms with Crippen LogP contribution in [0.4, 0.5) is 0 Å². The average Bonchev–Trinajstić information content (AvgIpc) is 2.80. The smallest absolute Gasteiger partial charge is 0.100 e. The molecule has 1 N–H and O–H groups in total. The molecule has 0 aliphatic heterocycles. The van der Waals surface area contributed by atoms with Gasteiger partial charge in [-0.3, -0.25) is 0 Å². The Morgan fingerprint density at radius 2 is 1.95 bits per heavy atom. The molecule has 3 unspecified atom stereocenters. The number of fused-ring (bicyclic) bond motifs is 2. The first-order chi connectivity index (χ1) is 8.72. The number of aryl methyl sites for hydroxylation is 1. The van der Waals surface area contributed by atoms with Crippen molar-refractivity contribution in [2.45, 2.75) is 52.6 Å². The maximum atomic E-state index is 11.6. The van der Waals surface area contributed by atoms with Gasteiger partial charge in [0.1, 0.15) is 5.60 Å². The number of hydrogen-bond acceptors (Lipinski definition) is 1. The summed E-state index contributed by atoms with van der Waals surface area (Å²) in [6, 6.07) is 6.07. The minimum atomic E-state index is -0.764. The summed E-state index contributed by atoms with van der Waals surface area (Å²) in [7, 11) is 0. The topological polar surface area (TPSA) is 20.2 Å². The summed E-state index contributed by atoms with van der Waals surface area (Å²) in [5, 5.41) is 12.4. The molecule has 0 saturated heterocycles. The molecule has 104 valence electrons. The van der Waals surface area contributed by atoms with Crippen LogP contribution in [0.15, 0.2) is 18.2 Å². The Morgan fingerprint density at radius 1 is 1.26 bits per heavy atom. The van der Waals surface area contributed by atoms with Gasteiger partial charge in [-0.15, -0.1) is 0 Å². The highest BCUT2D eigenvalue weighted by atomic mass is 35.5. The molecule has 2 fully saturated rings. The molecule has 2 aliphatic rings. The summed E-state index contributed by atoms with van der Waals surface area (Å²) in [4.78, 5) is 0. The lowest BCUT2D eigenvalue weighted by atomic mass is 9.58. The minimum absolute atomic E-state index is 0.0141. The van der Waals surface area contributed by atoms with E-state index in [-0.39, 0.29) is 10.8 Å². The standard InChI is InChI=1S/C17H23ClO/c1-11-5-6-12(9-14(11)18)17(19)15(2,3)13-7-8-16(17,4)10-13/h5-6,9,13,19H,7-8,10H2,1-4H3. The third-order valence-corrected chi connectivity index (χ3v) is 6.56. The van der Waals surface area contributed by atoms with Crippen molar-refractivity contribution in [1.82, 2.24) is 0 Å². The van der Waals surface area contributed by atoms with Crippen LogP contribution in [0, 0.1) is 23.7 Å². The van der Waals surface area contributed by atoms with Crippen molar-refractivity contribution >= 4 is 11.6 Å². The van der Waals surface area contributed by atoms with Crippen LogP contribution in [0.3, 0.4) is 0 Å². The van der Waals surface area contributed by atoms with Crippen LogP contribution in [-0.2, 0) is 5.60 Å². The Hall–Kier alpha value is -0.530. The number of hydrogen-bond donors (Lipinski definition) is 1. The first-order valence-corrected chi connectivity index (χ1v) is 7.59. The minimum Gasteiger partial charge on any atom is -0.384 e. The van der Waals surface area contributed by atoms with E-state index in [1.807, 2.05) is 19.1 Å². The Morgan fingerprint density at radius 3 is 2.47 bits per heavy atom. The van der Waals surface area contributed by atoms with Crippen molar-refractivity contribution in [3.63, 3.8) is 0 Å². The number of benzene rings is 1. The maximum Gasteiger partial charge on any atom is 0.100 e. The zero-order valence-electron chi connectivity index (χ0n) is 12.3. The van der Waals surface area contributed by atoms with E-state index in [0.717, 1.165) is 29.0 Å². The third-order valence-electron chi connectivity index (χ3n) is 6.16. The fraction of sp³-hybridized carbons (Fsp3) is 0.647. The Bertz CT molecular complexity index is 529. The van der Waals surface area contributed by atoms with Crippen LogP contribution in [0.1, 0.15) is 51.2 Å². The molecule has 2 saturated carbocycles. The van der Waals surface area contributed by atoms with Crippen LogP contribution >= 0.6 is 11.6 Å². The molecule has 19 heavy (non-hydrogen) atoms. The highest BCUT2D eigenvalue weighted by Crippen LogP contribution is 2.71. The average molecular weight is 279 g/mol. The van der Waals surface area contributed by atoms with E-state index in [4.69, 9.17) is 11.6 Å². The summed E-state index contributed by atoms with van der Waals surface area (Å²) >= 11 is 6.28. The van der Waals surface area contributed by atoms with Crippen LogP contribution in [0.5, 0.6) is 0 Å². The highest BCUT2D eigenvalue weighted by Gasteiger charge is 2.68. The van der Waals surface area contributed by atoms with Gasteiger partial charge in [-0.2, -0.15) is 0 Å². The second-order valence-electron chi connectivity index (χ2n) is 7.40. The normalized spacial score (nSPS) is 39.8. The zero-order valence-corrected chi connectivity index (χ0v) is 13.0. The van der Waals surface area contributed by atoms with E-state index >= 15 is 0 Å². The fourth-order valence-electron chi connectivity index (χ4n) is 4.80. The molecular formula is C17H23ClO. The van der Waals surface area contributed by atoms with Crippen molar-refractivity contribution in [2.24, 2.45) is 16.7 Å². The molecule has 2 bridgehead atoms. The van der Waals surface area contributed by atoms with Crippen LogP contribution < -0.4 is 0 Å². The van der Waals surface area contributed by atoms with E-state index in [1.54, 1.807) is 0 Å². The Kier molecular flexibility index (Phi) is 2.67. The zero-order chi connectivity index (χ0) is 14.1. The van der Waals surface area contributed by atoms with Gasteiger partial charge in [-0.1, -0.05) is 44.5 Å². The van der Waals surface area contributed by atoms with Gasteiger partial charge >= 0.3 is 0 Å². The SMILES string of the molecule is Cc1ccc(C2(O)C3(C)CCC(C3)C2(C)C)cc1Cl. The molecule has 0 amide bonds. The highest BCUT2D eigenvalue weighted by molar-refractivity contribution is 6.31. The van der Waals surface area contributed by atoms with E-state index < -0.39 is 5.60 Å². The van der Waals surface area contributed by atoms with Gasteiger partial charge in [0.05, 0.1) is 0 Å². The predicted molar refractivity (Wildman–Crippen MR) is 79.3 cm³/mol. The van der Waals surface area contributed by atoms with Gasteiger partial charge in [0.25, 0.3) is 0 Å². The van der Waals surface area contributed by atoms with Gasteiger partial charge in [0.2, 0.25) is 0 Å². The first-order valence-electron chi connectivity index (χ1n) is 7.21. The lowest BCUT2D eigenvalue weighted by molar-refractivity contribution is -0.150. The van der Waals surface area contributed by atoms with Crippen molar-refractivity contribution in [1.29, 1.82) is 0 Å². The second-order valence-corrected chi connectivity index (χ2v) is 7.80. The second kappa shape index (κ2) is 3.77. The quantitative estimate of drug-likeness (QED) is 0.791. The predicted octanol–water partition coefficient (Wildman–Crippen LogP) is 4.68. The molecule has 2 heteroatoms. The summed E-state index contributed by atoms with van der Waals surface area (Å²) in [6.45, 7) is 8.69. The van der Waals surface area contributed by atoms with Gasteiger partial charge in [-0.25, -0.2) is 0 Å². The van der Waals surface area contributed by atoms with E-state index in [0.29, 0.717) is 5.92 Å². The van der Waals surface area contributed by atoms with Crippen molar-refractivity contribution in [3.8, 4) is 0 Å². The molecule has 2 aliphatic carbocycles. The van der Waals surface area contributed by atoms with Gasteiger partial charge in [0.15, 0.2) is 0 Å². The van der Waals surface area contributed by atoms with Gasteiger partial charge in [0, 0.05) is 15.9 Å². The summed E-state index contributed by atoms with van der Waals surface area (Å²) in [6.07, 6.45) is 3.48. The number of halogens is 1. The Labute approximate surface area is 121 Å². The van der Waals surface area contributed by atoms with Gasteiger partial charge < -0.3 is 5.11 Å². The molecular weight excluding hydrogens is 256 g/mol. The molecule has 0 heterocycles. The maximum absolute atomic E-state index is 11.6. The number of aliphatic hydroxyl groups is 1. The van der Waals surface area contributed by atoms with Crippen molar-refractivity contribution in [3.05, 3.63) is 34.3 Å². The number of rotatable bonds is 1. The lowest BCUT2D eigenvalue weighted by Gasteiger charge is -2.51. The summed E-state index contributed by atoms with van der Waals surface area (Å²) < 4.78 is 0. The fourth-order valence-corrected chi connectivity index (χ4v) is 4.98. The molecule has 3 atom stereocenters. The summed E-state index contributed by atoms with van der Waals surface area (Å²) in [5.74, 6) is 0.613. The lowest BCUT2D eigenvalue weighted by Crippen LogP contribution is -2.51. The van der Waals surface area contributed by atoms with Crippen LogP contribution in [0.2, 0.25) is 5.02 Å². The van der Waals surface area contributed by atoms with Gasteiger partial charge in [-0.05, 0) is 49.3 Å². The van der Waals surface area contributed by atoms with E-state index in [1.165, 1.54) is 6.42 Å². The molecule has 1 aromatic rings. The van der Waals surface area contributed by atoms with Crippen LogP contribution in [-0.4, -0.2) is 5.11 Å². The molecule has 3 rings (SSSR count). The monoisotopic (exact) mass is 278 g/mol. The van der Waals surface area contributed by atoms with Crippen molar-refractivity contribution in [2.75, 3.05) is 0 Å². The molecule has 0 spiro atoms. The van der Waals surface area contributed by atoms with E-state index in [9.17, 15) is 5.11 Å². The molecule has 1 nitrogen and oxygen atoms in total. The molecule has 1 aromatic carbocycles. The van der Waals surface area contributed by atoms with Crippen LogP contribution in [0.25, 0.3) is 0 Å². The molecule has 0 radical (unpaired) electrons. The first kappa shape index (κ1) is 13.5. The molecule has 0 aromatic heterocycles. The van der Waals surface area contributed by atoms with E-state index in [2.05, 4.69) is 26.8 Å². The Balaban J connectivity index is 2.18. The largest absolute Gasteiger partial charge is 0.384 e. The summed E-state index contributed by atoms with van der Waals surface area (Å²) in [5.41, 5.74) is 1.21. The third kappa shape index (κ3) is 1.46.